The lowest BCUT2D eigenvalue weighted by Gasteiger charge is -2.35. The van der Waals surface area contributed by atoms with E-state index in [9.17, 15) is 0 Å². The van der Waals surface area contributed by atoms with Crippen LogP contribution in [0.2, 0.25) is 0 Å². The van der Waals surface area contributed by atoms with Crippen molar-refractivity contribution in [2.24, 2.45) is 5.92 Å². The van der Waals surface area contributed by atoms with Crippen molar-refractivity contribution in [3.05, 3.63) is 34.9 Å². The summed E-state index contributed by atoms with van der Waals surface area (Å²) >= 11 is 0. The van der Waals surface area contributed by atoms with Crippen LogP contribution in [0.15, 0.2) is 18.2 Å². The molecule has 0 bridgehead atoms. The first-order valence-electron chi connectivity index (χ1n) is 8.98. The Bertz CT molecular complexity index is 510. The van der Waals surface area contributed by atoms with Crippen LogP contribution in [0.25, 0.3) is 0 Å². The molecule has 1 aromatic rings. The molecule has 1 aliphatic heterocycles. The van der Waals surface area contributed by atoms with Gasteiger partial charge in [-0.2, -0.15) is 0 Å². The standard InChI is InChI=1S/C20H31NO/c1-14(2)22-13-17-10-16(4)21(12-17)20-8-7-18-6-5-15(3)9-19(18)11-20/h5-6,9,14,16-17,20H,7-8,10-13H2,1-4H3. The van der Waals surface area contributed by atoms with Crippen molar-refractivity contribution in [1.82, 2.24) is 4.90 Å². The van der Waals surface area contributed by atoms with Crippen molar-refractivity contribution in [3.63, 3.8) is 0 Å². The van der Waals surface area contributed by atoms with Gasteiger partial charge in [0, 0.05) is 18.6 Å². The Morgan fingerprint density at radius 3 is 2.86 bits per heavy atom. The Morgan fingerprint density at radius 1 is 1.27 bits per heavy atom. The quantitative estimate of drug-likeness (QED) is 0.834. The molecule has 0 aromatic heterocycles. The van der Waals surface area contributed by atoms with E-state index in [1.54, 1.807) is 11.1 Å². The number of fused-ring (bicyclic) bond motifs is 1. The Kier molecular flexibility index (Phi) is 4.89. The van der Waals surface area contributed by atoms with Crippen LogP contribution in [0.3, 0.4) is 0 Å². The van der Waals surface area contributed by atoms with Crippen LogP contribution in [-0.2, 0) is 17.6 Å². The second-order valence-corrected chi connectivity index (χ2v) is 7.70. The smallest absolute Gasteiger partial charge is 0.0519 e. The zero-order valence-corrected chi connectivity index (χ0v) is 14.6. The van der Waals surface area contributed by atoms with Crippen LogP contribution < -0.4 is 0 Å². The fourth-order valence-corrected chi connectivity index (χ4v) is 4.28. The van der Waals surface area contributed by atoms with E-state index in [4.69, 9.17) is 4.74 Å². The summed E-state index contributed by atoms with van der Waals surface area (Å²) in [5.74, 6) is 0.719. The molecule has 3 atom stereocenters. The molecule has 1 saturated heterocycles. The average Bonchev–Trinajstić information content (AvgIpc) is 2.85. The van der Waals surface area contributed by atoms with Crippen LogP contribution in [-0.4, -0.2) is 36.2 Å². The lowest BCUT2D eigenvalue weighted by Crippen LogP contribution is -2.41. The first-order valence-corrected chi connectivity index (χ1v) is 8.98. The number of benzene rings is 1. The van der Waals surface area contributed by atoms with Gasteiger partial charge in [-0.15, -0.1) is 0 Å². The largest absolute Gasteiger partial charge is 0.378 e. The molecule has 1 aliphatic carbocycles. The van der Waals surface area contributed by atoms with Gasteiger partial charge in [0.05, 0.1) is 12.7 Å². The summed E-state index contributed by atoms with van der Waals surface area (Å²) in [4.78, 5) is 2.76. The molecule has 1 heterocycles. The summed E-state index contributed by atoms with van der Waals surface area (Å²) in [5.41, 5.74) is 4.57. The van der Waals surface area contributed by atoms with E-state index < -0.39 is 0 Å². The Morgan fingerprint density at radius 2 is 2.09 bits per heavy atom. The van der Waals surface area contributed by atoms with Crippen molar-refractivity contribution in [1.29, 1.82) is 0 Å². The minimum Gasteiger partial charge on any atom is -0.378 e. The zero-order valence-electron chi connectivity index (χ0n) is 14.6. The topological polar surface area (TPSA) is 12.5 Å². The van der Waals surface area contributed by atoms with Crippen molar-refractivity contribution in [2.75, 3.05) is 13.2 Å². The number of hydrogen-bond acceptors (Lipinski definition) is 2. The van der Waals surface area contributed by atoms with Crippen LogP contribution >= 0.6 is 0 Å². The molecule has 2 nitrogen and oxygen atoms in total. The van der Waals surface area contributed by atoms with Gasteiger partial charge in [-0.3, -0.25) is 4.90 Å². The zero-order chi connectivity index (χ0) is 15.7. The molecule has 3 unspecified atom stereocenters. The molecule has 3 rings (SSSR count). The maximum absolute atomic E-state index is 5.86. The highest BCUT2D eigenvalue weighted by Crippen LogP contribution is 2.32. The summed E-state index contributed by atoms with van der Waals surface area (Å²) in [7, 11) is 0. The van der Waals surface area contributed by atoms with Gasteiger partial charge < -0.3 is 4.74 Å². The molecule has 0 N–H and O–H groups in total. The predicted octanol–water partition coefficient (Wildman–Crippen LogP) is 3.99. The molecule has 1 fully saturated rings. The van der Waals surface area contributed by atoms with Crippen LogP contribution in [0, 0.1) is 12.8 Å². The van der Waals surface area contributed by atoms with Crippen molar-refractivity contribution in [2.45, 2.75) is 71.6 Å². The fourth-order valence-electron chi connectivity index (χ4n) is 4.28. The molecule has 0 saturated carbocycles. The minimum atomic E-state index is 0.355. The van der Waals surface area contributed by atoms with Gasteiger partial charge in [0.2, 0.25) is 0 Å². The first kappa shape index (κ1) is 16.0. The van der Waals surface area contributed by atoms with Crippen molar-refractivity contribution in [3.8, 4) is 0 Å². The second kappa shape index (κ2) is 6.72. The van der Waals surface area contributed by atoms with Crippen LogP contribution in [0.4, 0.5) is 0 Å². The number of ether oxygens (including phenoxy) is 1. The third-order valence-electron chi connectivity index (χ3n) is 5.41. The summed E-state index contributed by atoms with van der Waals surface area (Å²) in [6.07, 6.45) is 5.45. The summed E-state index contributed by atoms with van der Waals surface area (Å²) in [6, 6.07) is 8.44. The molecule has 0 spiro atoms. The first-order chi connectivity index (χ1) is 10.5. The maximum atomic E-state index is 5.86. The Labute approximate surface area is 135 Å². The van der Waals surface area contributed by atoms with E-state index in [0.717, 1.165) is 18.6 Å². The van der Waals surface area contributed by atoms with Crippen LogP contribution in [0.1, 0.15) is 50.3 Å². The number of hydrogen-bond donors (Lipinski definition) is 0. The van der Waals surface area contributed by atoms with E-state index in [2.05, 4.69) is 50.8 Å². The molecule has 0 amide bonds. The Hall–Kier alpha value is -0.860. The van der Waals surface area contributed by atoms with E-state index in [1.807, 2.05) is 0 Å². The van der Waals surface area contributed by atoms with E-state index >= 15 is 0 Å². The van der Waals surface area contributed by atoms with Gasteiger partial charge in [0.1, 0.15) is 0 Å². The highest BCUT2D eigenvalue weighted by Gasteiger charge is 2.35. The highest BCUT2D eigenvalue weighted by atomic mass is 16.5. The number of aryl methyl sites for hydroxylation is 2. The van der Waals surface area contributed by atoms with Crippen molar-refractivity contribution < 1.29 is 4.74 Å². The average molecular weight is 301 g/mol. The van der Waals surface area contributed by atoms with Gasteiger partial charge in [-0.25, -0.2) is 0 Å². The molecule has 2 heteroatoms. The van der Waals surface area contributed by atoms with Gasteiger partial charge >= 0.3 is 0 Å². The lowest BCUT2D eigenvalue weighted by atomic mass is 9.86. The number of likely N-dealkylation sites (tertiary alicyclic amines) is 1. The predicted molar refractivity (Wildman–Crippen MR) is 92.4 cm³/mol. The van der Waals surface area contributed by atoms with E-state index in [0.29, 0.717) is 12.1 Å². The third kappa shape index (κ3) is 3.55. The summed E-state index contributed by atoms with van der Waals surface area (Å²) in [6.45, 7) is 11.0. The second-order valence-electron chi connectivity index (χ2n) is 7.70. The normalized spacial score (nSPS) is 29.0. The monoisotopic (exact) mass is 301 g/mol. The number of rotatable bonds is 4. The highest BCUT2D eigenvalue weighted by molar-refractivity contribution is 5.34. The van der Waals surface area contributed by atoms with E-state index in [-0.39, 0.29) is 0 Å². The molecule has 22 heavy (non-hydrogen) atoms. The molecule has 1 aromatic carbocycles. The van der Waals surface area contributed by atoms with Gasteiger partial charge in [-0.1, -0.05) is 23.8 Å². The van der Waals surface area contributed by atoms with Crippen molar-refractivity contribution >= 4 is 0 Å². The van der Waals surface area contributed by atoms with Gasteiger partial charge in [0.15, 0.2) is 0 Å². The van der Waals surface area contributed by atoms with E-state index in [1.165, 1.54) is 37.8 Å². The molecule has 0 radical (unpaired) electrons. The molecular formula is C20H31NO. The maximum Gasteiger partial charge on any atom is 0.0519 e. The SMILES string of the molecule is Cc1ccc2c(c1)CC(N1CC(COC(C)C)CC1C)CC2. The lowest BCUT2D eigenvalue weighted by molar-refractivity contribution is 0.0513. The number of nitrogens with zero attached hydrogens (tertiary/aromatic N) is 1. The third-order valence-corrected chi connectivity index (χ3v) is 5.41. The van der Waals surface area contributed by atoms with Gasteiger partial charge in [0.25, 0.3) is 0 Å². The minimum absolute atomic E-state index is 0.355. The molecular weight excluding hydrogens is 270 g/mol. The molecule has 2 aliphatic rings. The molecule has 122 valence electrons. The fraction of sp³-hybridized carbons (Fsp3) is 0.700. The van der Waals surface area contributed by atoms with Gasteiger partial charge in [-0.05, 0) is 70.4 Å². The van der Waals surface area contributed by atoms with Crippen LogP contribution in [0.5, 0.6) is 0 Å². The summed E-state index contributed by atoms with van der Waals surface area (Å²) in [5, 5.41) is 0. The summed E-state index contributed by atoms with van der Waals surface area (Å²) < 4.78 is 5.86. The Balaban J connectivity index is 1.63.